The fraction of sp³-hybridized carbons (Fsp3) is 0. The molecule has 0 rings (SSSR count). The summed E-state index contributed by atoms with van der Waals surface area (Å²) in [5, 5.41) is 0. The van der Waals surface area contributed by atoms with E-state index in [1.54, 1.807) is 0 Å². The van der Waals surface area contributed by atoms with Crippen molar-refractivity contribution in [2.24, 2.45) is 0 Å². The van der Waals surface area contributed by atoms with E-state index in [1.165, 1.54) is 0 Å². The second-order valence-corrected chi connectivity index (χ2v) is 0. The fourth-order valence-electron chi connectivity index (χ4n) is 0. The predicted molar refractivity (Wildman–Crippen MR) is 2.06 cm³/mol. The van der Waals surface area contributed by atoms with Crippen molar-refractivity contribution in [3.63, 3.8) is 0 Å². The van der Waals surface area contributed by atoms with Gasteiger partial charge in [0, 0.05) is 0 Å². The Bertz CT molecular complexity index is 6.85. The number of hydrogen-bond donors (Lipinski definition) is 0. The van der Waals surface area contributed by atoms with E-state index < -0.39 is 0 Å². The second kappa shape index (κ2) is 31.3. The van der Waals surface area contributed by atoms with E-state index in [4.69, 9.17) is 0 Å². The summed E-state index contributed by atoms with van der Waals surface area (Å²) in [5.41, 5.74) is 0. The van der Waals surface area contributed by atoms with Crippen molar-refractivity contribution in [3.8, 4) is 0 Å². The van der Waals surface area contributed by atoms with Gasteiger partial charge in [-0.05, 0) is 0 Å². The van der Waals surface area contributed by atoms with E-state index in [0.717, 1.165) is 0 Å². The van der Waals surface area contributed by atoms with Crippen molar-refractivity contribution in [2.75, 3.05) is 0 Å². The second-order valence-electron chi connectivity index (χ2n) is 0. The molecule has 0 saturated heterocycles. The van der Waals surface area contributed by atoms with Gasteiger partial charge in [-0.2, -0.15) is 0 Å². The summed E-state index contributed by atoms with van der Waals surface area (Å²) in [6.07, 6.45) is 0. The summed E-state index contributed by atoms with van der Waals surface area (Å²) in [4.78, 5) is 0. The third-order valence-electron chi connectivity index (χ3n) is 0. The normalized spacial score (nSPS) is 0. The van der Waals surface area contributed by atoms with Gasteiger partial charge in [0.1, 0.15) is 0 Å². The maximum atomic E-state index is 0. The Balaban J connectivity index is 0. The van der Waals surface area contributed by atoms with Crippen LogP contribution in [0.25, 0.3) is 0 Å². The van der Waals surface area contributed by atoms with Gasteiger partial charge in [-0.15, -0.1) is 0 Å². The Kier molecular flexibility index (Phi) is 316. The van der Waals surface area contributed by atoms with Gasteiger partial charge in [-0.1, -0.05) is 0 Å². The summed E-state index contributed by atoms with van der Waals surface area (Å²) < 4.78 is 0. The average molecular weight is 232 g/mol. The average Bonchev–Trinajstić information content (AvgIpc) is 0. The van der Waals surface area contributed by atoms with E-state index in [2.05, 4.69) is 0 Å². The molecule has 0 N–H and O–H groups in total. The molecule has 0 aliphatic carbocycles. The van der Waals surface area contributed by atoms with Gasteiger partial charge in [0.15, 0.2) is 0 Å². The van der Waals surface area contributed by atoms with Crippen molar-refractivity contribution in [1.82, 2.24) is 0 Å². The summed E-state index contributed by atoms with van der Waals surface area (Å²) in [6, 6.07) is 0. The Morgan fingerprint density at radius 3 is 0.600 bits per heavy atom. The molecule has 0 bridgehead atoms. The molecule has 5 heteroatoms. The molecule has 3 nitrogen and oxygen atoms in total. The van der Waals surface area contributed by atoms with Gasteiger partial charge in [-0.3, -0.25) is 0 Å². The minimum Gasteiger partial charge on any atom is -2.00 e. The van der Waals surface area contributed by atoms with Gasteiger partial charge >= 0.3 is 87.4 Å². The van der Waals surface area contributed by atoms with Crippen molar-refractivity contribution in [2.45, 2.75) is 0 Å². The molecule has 0 radical (unpaired) electrons. The maximum Gasteiger partial charge on any atom is 5.00 e. The van der Waals surface area contributed by atoms with E-state index in [9.17, 15) is 0 Å². The Morgan fingerprint density at radius 2 is 0.600 bits per heavy atom. The zero-order valence-electron chi connectivity index (χ0n) is 2.67. The van der Waals surface area contributed by atoms with Crippen molar-refractivity contribution < 1.29 is 104 Å². The third-order valence-corrected chi connectivity index (χ3v) is 0. The van der Waals surface area contributed by atoms with Crippen LogP contribution in [-0.4, -0.2) is 0 Å². The van der Waals surface area contributed by atoms with E-state index >= 15 is 0 Å². The van der Waals surface area contributed by atoms with Crippen LogP contribution in [0.2, 0.25) is 0 Å². The molecule has 24 valence electrons. The van der Waals surface area contributed by atoms with Gasteiger partial charge in [0.05, 0.1) is 0 Å². The molecule has 0 aliphatic rings. The SMILES string of the molecule is [Cs+].[O-2].[O-2].[O-2].[V+5]. The minimum atomic E-state index is 0. The molecule has 0 saturated carbocycles. The molecular formula is CsO3V. The van der Waals surface area contributed by atoms with E-state index in [-0.39, 0.29) is 104 Å². The molecule has 5 heavy (non-hydrogen) atoms. The topological polar surface area (TPSA) is 85.5 Å². The first kappa shape index (κ1) is 50.4. The molecular weight excluding hydrogens is 232 g/mol. The van der Waals surface area contributed by atoms with Crippen LogP contribution in [0, 0.1) is 0 Å². The standard InChI is InChI=1S/Cs.3O.V/q+1;3*-2;+5. The van der Waals surface area contributed by atoms with Crippen LogP contribution < -0.4 is 68.9 Å². The molecule has 0 aromatic heterocycles. The van der Waals surface area contributed by atoms with Crippen LogP contribution >= 0.6 is 0 Å². The summed E-state index contributed by atoms with van der Waals surface area (Å²) in [6.45, 7) is 0. The molecule has 0 atom stereocenters. The van der Waals surface area contributed by atoms with Crippen molar-refractivity contribution in [3.05, 3.63) is 0 Å². The molecule has 0 aromatic rings. The first-order chi connectivity index (χ1) is 0. The van der Waals surface area contributed by atoms with Gasteiger partial charge in [0.2, 0.25) is 0 Å². The predicted octanol–water partition coefficient (Wildman–Crippen LogP) is -3.35. The van der Waals surface area contributed by atoms with Crippen LogP contribution in [0.3, 0.4) is 0 Å². The Morgan fingerprint density at radius 1 is 0.600 bits per heavy atom. The van der Waals surface area contributed by atoms with Crippen LogP contribution in [0.5, 0.6) is 0 Å². The Hall–Kier alpha value is 2.52. The fourth-order valence-corrected chi connectivity index (χ4v) is 0. The zero-order valence-corrected chi connectivity index (χ0v) is 10.3. The molecule has 0 unspecified atom stereocenters. The number of rotatable bonds is 0. The van der Waals surface area contributed by atoms with Crippen molar-refractivity contribution >= 4 is 0 Å². The van der Waals surface area contributed by atoms with Gasteiger partial charge in [0.25, 0.3) is 0 Å². The van der Waals surface area contributed by atoms with Crippen LogP contribution in [-0.2, 0) is 35.0 Å². The zero-order chi connectivity index (χ0) is 0. The quantitative estimate of drug-likeness (QED) is 0.417. The summed E-state index contributed by atoms with van der Waals surface area (Å²) in [5.74, 6) is 0. The molecule has 0 heterocycles. The first-order valence-electron chi connectivity index (χ1n) is 0. The molecule has 0 aliphatic heterocycles. The van der Waals surface area contributed by atoms with Crippen LogP contribution in [0.1, 0.15) is 0 Å². The largest absolute Gasteiger partial charge is 5.00 e. The first-order valence-corrected chi connectivity index (χ1v) is 0. The smallest absolute Gasteiger partial charge is 2.00 e. The van der Waals surface area contributed by atoms with E-state index in [1.807, 2.05) is 0 Å². The summed E-state index contributed by atoms with van der Waals surface area (Å²) in [7, 11) is 0. The maximum absolute atomic E-state index is 0. The van der Waals surface area contributed by atoms with Gasteiger partial charge < -0.3 is 16.4 Å². The Labute approximate surface area is 101 Å². The molecule has 0 spiro atoms. The van der Waals surface area contributed by atoms with Crippen LogP contribution in [0.15, 0.2) is 0 Å². The monoisotopic (exact) mass is 232 g/mol. The minimum absolute atomic E-state index is 0. The van der Waals surface area contributed by atoms with Gasteiger partial charge in [-0.25, -0.2) is 0 Å². The summed E-state index contributed by atoms with van der Waals surface area (Å²) >= 11 is 0. The molecule has 0 amide bonds. The number of hydrogen-bond acceptors (Lipinski definition) is 0. The van der Waals surface area contributed by atoms with Crippen molar-refractivity contribution in [1.29, 1.82) is 0 Å². The molecule has 0 fully saturated rings. The molecule has 0 aromatic carbocycles. The van der Waals surface area contributed by atoms with E-state index in [0.29, 0.717) is 0 Å². The van der Waals surface area contributed by atoms with Crippen LogP contribution in [0.4, 0.5) is 0 Å². The third kappa shape index (κ3) is 21.0.